The molecule has 41 heavy (non-hydrogen) atoms. The number of halogens is 1. The van der Waals surface area contributed by atoms with E-state index in [2.05, 4.69) is 10.3 Å². The van der Waals surface area contributed by atoms with Crippen LogP contribution in [0.15, 0.2) is 60.8 Å². The van der Waals surface area contributed by atoms with E-state index in [1.54, 1.807) is 37.4 Å². The van der Waals surface area contributed by atoms with Gasteiger partial charge in [-0.05, 0) is 68.3 Å². The first-order chi connectivity index (χ1) is 19.5. The van der Waals surface area contributed by atoms with Crippen molar-refractivity contribution in [1.29, 1.82) is 0 Å². The largest absolute Gasteiger partial charge is 0.489 e. The third kappa shape index (κ3) is 4.96. The SMILES string of the molecule is CC(C)(CNC(=O)c1cc(OC2CC2)c2ncccc2c1)c1cc2c(c(-c3ccc(F)cc3)n1)OC[C@]2(C)C(N)=O. The zero-order valence-electron chi connectivity index (χ0n) is 23.2. The highest BCUT2D eigenvalue weighted by Crippen LogP contribution is 2.45. The maximum absolute atomic E-state index is 13.7. The summed E-state index contributed by atoms with van der Waals surface area (Å²) < 4.78 is 25.7. The van der Waals surface area contributed by atoms with Gasteiger partial charge in [-0.2, -0.15) is 0 Å². The number of pyridine rings is 2. The van der Waals surface area contributed by atoms with Crippen molar-refractivity contribution in [3.8, 4) is 22.8 Å². The predicted octanol–water partition coefficient (Wildman–Crippen LogP) is 4.82. The number of hydrogen-bond acceptors (Lipinski definition) is 6. The fourth-order valence-electron chi connectivity index (χ4n) is 4.98. The lowest BCUT2D eigenvalue weighted by Gasteiger charge is -2.27. The summed E-state index contributed by atoms with van der Waals surface area (Å²) in [5, 5.41) is 3.87. The van der Waals surface area contributed by atoms with Gasteiger partial charge in [-0.1, -0.05) is 19.9 Å². The molecule has 1 atom stereocenters. The molecule has 0 bridgehead atoms. The molecule has 9 heteroatoms. The minimum absolute atomic E-state index is 0.0796. The van der Waals surface area contributed by atoms with Gasteiger partial charge in [0.1, 0.15) is 40.5 Å². The normalized spacial score (nSPS) is 18.0. The lowest BCUT2D eigenvalue weighted by molar-refractivity contribution is -0.123. The second-order valence-corrected chi connectivity index (χ2v) is 11.7. The number of amides is 2. The average molecular weight is 555 g/mol. The third-order valence-electron chi connectivity index (χ3n) is 7.87. The molecule has 1 aliphatic heterocycles. The van der Waals surface area contributed by atoms with Gasteiger partial charge >= 0.3 is 0 Å². The van der Waals surface area contributed by atoms with Crippen molar-refractivity contribution in [2.24, 2.45) is 5.73 Å². The Morgan fingerprint density at radius 3 is 2.63 bits per heavy atom. The van der Waals surface area contributed by atoms with Crippen LogP contribution in [0.5, 0.6) is 11.5 Å². The lowest BCUT2D eigenvalue weighted by atomic mass is 9.80. The number of hydrogen-bond donors (Lipinski definition) is 2. The predicted molar refractivity (Wildman–Crippen MR) is 152 cm³/mol. The molecule has 1 aliphatic carbocycles. The maximum Gasteiger partial charge on any atom is 0.251 e. The fraction of sp³-hybridized carbons (Fsp3) is 0.312. The van der Waals surface area contributed by atoms with Gasteiger partial charge < -0.3 is 20.5 Å². The van der Waals surface area contributed by atoms with Crippen LogP contribution in [0.4, 0.5) is 4.39 Å². The van der Waals surface area contributed by atoms with Crippen molar-refractivity contribution in [3.05, 3.63) is 83.4 Å². The summed E-state index contributed by atoms with van der Waals surface area (Å²) in [4.78, 5) is 35.3. The average Bonchev–Trinajstić information content (AvgIpc) is 3.71. The van der Waals surface area contributed by atoms with Crippen LogP contribution < -0.4 is 20.5 Å². The topological polar surface area (TPSA) is 116 Å². The standard InChI is InChI=1S/C32H31FN4O4/c1-31(2,16-36-29(38)20-13-19-5-4-12-35-26(19)24(14-20)41-22-10-11-22)25-15-23-28(40-17-32(23,3)30(34)39)27(37-25)18-6-8-21(33)9-7-18/h4-9,12-15,22H,10-11,16-17H2,1-3H3,(H2,34,39)(H,36,38)/t32-/m0/s1. The third-order valence-corrected chi connectivity index (χ3v) is 7.87. The summed E-state index contributed by atoms with van der Waals surface area (Å²) >= 11 is 0. The van der Waals surface area contributed by atoms with Crippen LogP contribution in [0.2, 0.25) is 0 Å². The molecular weight excluding hydrogens is 523 g/mol. The van der Waals surface area contributed by atoms with Crippen molar-refractivity contribution in [1.82, 2.24) is 15.3 Å². The van der Waals surface area contributed by atoms with E-state index in [0.717, 1.165) is 23.7 Å². The van der Waals surface area contributed by atoms with Crippen LogP contribution in [0, 0.1) is 5.82 Å². The maximum atomic E-state index is 13.7. The molecule has 8 nitrogen and oxygen atoms in total. The molecule has 1 fully saturated rings. The molecule has 0 saturated heterocycles. The van der Waals surface area contributed by atoms with Crippen LogP contribution in [-0.4, -0.2) is 41.0 Å². The zero-order chi connectivity index (χ0) is 28.9. The molecule has 0 unspecified atom stereocenters. The minimum Gasteiger partial charge on any atom is -0.489 e. The van der Waals surface area contributed by atoms with Gasteiger partial charge in [0.15, 0.2) is 0 Å². The summed E-state index contributed by atoms with van der Waals surface area (Å²) in [6, 6.07) is 15.1. The van der Waals surface area contributed by atoms with E-state index in [1.807, 2.05) is 32.0 Å². The van der Waals surface area contributed by atoms with E-state index in [9.17, 15) is 14.0 Å². The van der Waals surface area contributed by atoms with Gasteiger partial charge in [0, 0.05) is 45.9 Å². The van der Waals surface area contributed by atoms with E-state index < -0.39 is 16.7 Å². The number of ether oxygens (including phenoxy) is 2. The Kier molecular flexibility index (Phi) is 6.40. The molecule has 2 aromatic heterocycles. The number of nitrogens with two attached hydrogens (primary N) is 1. The zero-order valence-corrected chi connectivity index (χ0v) is 23.2. The highest BCUT2D eigenvalue weighted by molar-refractivity contribution is 6.00. The summed E-state index contributed by atoms with van der Waals surface area (Å²) in [5.41, 5.74) is 7.68. The molecule has 0 radical (unpaired) electrons. The summed E-state index contributed by atoms with van der Waals surface area (Å²) in [6.07, 6.45) is 3.86. The highest BCUT2D eigenvalue weighted by atomic mass is 19.1. The molecule has 1 saturated carbocycles. The molecule has 6 rings (SSSR count). The molecule has 3 N–H and O–H groups in total. The van der Waals surface area contributed by atoms with Crippen molar-refractivity contribution >= 4 is 22.7 Å². The second kappa shape index (κ2) is 9.83. The first-order valence-corrected chi connectivity index (χ1v) is 13.6. The fourth-order valence-corrected chi connectivity index (χ4v) is 4.98. The Bertz CT molecular complexity index is 1680. The Morgan fingerprint density at radius 1 is 1.17 bits per heavy atom. The molecule has 2 aliphatic rings. The van der Waals surface area contributed by atoms with Crippen molar-refractivity contribution in [3.63, 3.8) is 0 Å². The number of aromatic nitrogens is 2. The van der Waals surface area contributed by atoms with Gasteiger partial charge in [-0.3, -0.25) is 14.6 Å². The van der Waals surface area contributed by atoms with E-state index in [1.165, 1.54) is 12.1 Å². The summed E-state index contributed by atoms with van der Waals surface area (Å²) in [5.74, 6) is -0.0867. The van der Waals surface area contributed by atoms with E-state index in [0.29, 0.717) is 39.6 Å². The number of nitrogens with zero attached hydrogens (tertiary/aromatic N) is 2. The number of fused-ring (bicyclic) bond motifs is 2. The van der Waals surface area contributed by atoms with E-state index in [4.69, 9.17) is 20.2 Å². The summed E-state index contributed by atoms with van der Waals surface area (Å²) in [7, 11) is 0. The van der Waals surface area contributed by atoms with Crippen molar-refractivity contribution in [2.45, 2.75) is 50.5 Å². The Balaban J connectivity index is 1.32. The highest BCUT2D eigenvalue weighted by Gasteiger charge is 2.44. The van der Waals surface area contributed by atoms with Crippen LogP contribution in [0.1, 0.15) is 55.2 Å². The van der Waals surface area contributed by atoms with Gasteiger partial charge in [0.05, 0.1) is 6.10 Å². The van der Waals surface area contributed by atoms with E-state index in [-0.39, 0.29) is 31.0 Å². The minimum atomic E-state index is -1.06. The van der Waals surface area contributed by atoms with Gasteiger partial charge in [0.2, 0.25) is 5.91 Å². The molecule has 4 aromatic rings. The van der Waals surface area contributed by atoms with Gasteiger partial charge in [0.25, 0.3) is 5.91 Å². The monoisotopic (exact) mass is 554 g/mol. The molecule has 0 spiro atoms. The van der Waals surface area contributed by atoms with Crippen molar-refractivity contribution in [2.75, 3.05) is 13.2 Å². The van der Waals surface area contributed by atoms with E-state index >= 15 is 0 Å². The first-order valence-electron chi connectivity index (χ1n) is 13.6. The summed E-state index contributed by atoms with van der Waals surface area (Å²) in [6.45, 7) is 5.98. The smallest absolute Gasteiger partial charge is 0.251 e. The van der Waals surface area contributed by atoms with Crippen LogP contribution in [-0.2, 0) is 15.6 Å². The van der Waals surface area contributed by atoms with Gasteiger partial charge in [-0.25, -0.2) is 9.37 Å². The molecule has 2 amide bonds. The number of benzene rings is 2. The second-order valence-electron chi connectivity index (χ2n) is 11.7. The van der Waals surface area contributed by atoms with Gasteiger partial charge in [-0.15, -0.1) is 0 Å². The number of primary amides is 1. The lowest BCUT2D eigenvalue weighted by Crippen LogP contribution is -2.40. The quantitative estimate of drug-likeness (QED) is 0.323. The Hall–Kier alpha value is -4.53. The molecular formula is C32H31FN4O4. The van der Waals surface area contributed by atoms with Crippen molar-refractivity contribution < 1.29 is 23.5 Å². The number of carbonyl (C=O) groups excluding carboxylic acids is 2. The van der Waals surface area contributed by atoms with Crippen LogP contribution >= 0.6 is 0 Å². The molecule has 2 aromatic carbocycles. The Labute approximate surface area is 237 Å². The molecule has 210 valence electrons. The Morgan fingerprint density at radius 2 is 1.93 bits per heavy atom. The number of carbonyl (C=O) groups is 2. The van der Waals surface area contributed by atoms with Crippen LogP contribution in [0.3, 0.4) is 0 Å². The molecule has 3 heterocycles. The number of rotatable bonds is 8. The number of nitrogens with one attached hydrogen (secondary N) is 1. The first kappa shape index (κ1) is 26.7. The van der Waals surface area contributed by atoms with Crippen LogP contribution in [0.25, 0.3) is 22.2 Å².